The average Bonchev–Trinajstić information content (AvgIpc) is 3.32. The molecule has 2 aliphatic heterocycles. The van der Waals surface area contributed by atoms with E-state index in [0.717, 1.165) is 44.1 Å². The number of ketones is 1. The topological polar surface area (TPSA) is 82.4 Å². The maximum absolute atomic E-state index is 12.5. The van der Waals surface area contributed by atoms with E-state index in [4.69, 9.17) is 4.74 Å². The first-order valence-electron chi connectivity index (χ1n) is 11.9. The van der Waals surface area contributed by atoms with Gasteiger partial charge in [0.1, 0.15) is 5.75 Å². The van der Waals surface area contributed by atoms with Gasteiger partial charge in [-0.2, -0.15) is 5.26 Å². The lowest BCUT2D eigenvalue weighted by Crippen LogP contribution is -2.25. The Hall–Kier alpha value is -3.95. The predicted molar refractivity (Wildman–Crippen MR) is 134 cm³/mol. The smallest absolute Gasteiger partial charge is 0.255 e. The van der Waals surface area contributed by atoms with E-state index >= 15 is 0 Å². The molecule has 3 aromatic rings. The number of carbonyl (C=O) groups is 2. The number of anilines is 1. The zero-order chi connectivity index (χ0) is 24.4. The number of hydrogen-bond acceptors (Lipinski definition) is 5. The molecule has 0 bridgehead atoms. The number of nitrogens with one attached hydrogen (secondary N) is 1. The molecular formula is C29H27N3O3. The van der Waals surface area contributed by atoms with Crippen molar-refractivity contribution in [3.8, 4) is 11.8 Å². The number of fused-ring (bicyclic) bond motifs is 3. The molecule has 176 valence electrons. The summed E-state index contributed by atoms with van der Waals surface area (Å²) >= 11 is 0. The molecule has 1 fully saturated rings. The maximum Gasteiger partial charge on any atom is 0.255 e. The van der Waals surface area contributed by atoms with Crippen LogP contribution in [0.2, 0.25) is 0 Å². The Morgan fingerprint density at radius 2 is 1.77 bits per heavy atom. The van der Waals surface area contributed by atoms with Crippen LogP contribution >= 0.6 is 0 Å². The molecule has 1 amide bonds. The van der Waals surface area contributed by atoms with Crippen molar-refractivity contribution >= 4 is 17.4 Å². The highest BCUT2D eigenvalue weighted by Crippen LogP contribution is 2.41. The van der Waals surface area contributed by atoms with Gasteiger partial charge in [-0.3, -0.25) is 9.59 Å². The molecule has 0 saturated carbocycles. The fraction of sp³-hybridized carbons (Fsp3) is 0.276. The van der Waals surface area contributed by atoms with Crippen LogP contribution in [0.3, 0.4) is 0 Å². The van der Waals surface area contributed by atoms with Crippen molar-refractivity contribution in [2.45, 2.75) is 19.3 Å². The Morgan fingerprint density at radius 3 is 2.49 bits per heavy atom. The van der Waals surface area contributed by atoms with Crippen molar-refractivity contribution in [3.05, 3.63) is 94.5 Å². The van der Waals surface area contributed by atoms with Crippen LogP contribution in [-0.4, -0.2) is 42.8 Å². The number of likely N-dealkylation sites (tertiary alicyclic amines) is 1. The van der Waals surface area contributed by atoms with Gasteiger partial charge in [0.25, 0.3) is 5.91 Å². The molecule has 5 rings (SSSR count). The number of rotatable bonds is 6. The van der Waals surface area contributed by atoms with Crippen molar-refractivity contribution in [1.82, 2.24) is 4.90 Å². The molecule has 0 aromatic heterocycles. The average molecular weight is 466 g/mol. The molecule has 2 heterocycles. The van der Waals surface area contributed by atoms with Crippen LogP contribution in [0.15, 0.2) is 66.7 Å². The number of benzene rings is 3. The van der Waals surface area contributed by atoms with Gasteiger partial charge >= 0.3 is 0 Å². The summed E-state index contributed by atoms with van der Waals surface area (Å²) in [4.78, 5) is 26.4. The van der Waals surface area contributed by atoms with Gasteiger partial charge < -0.3 is 15.0 Å². The molecule has 2 atom stereocenters. The van der Waals surface area contributed by atoms with Gasteiger partial charge in [0.05, 0.1) is 18.2 Å². The van der Waals surface area contributed by atoms with E-state index in [1.54, 1.807) is 24.3 Å². The minimum atomic E-state index is -0.199. The molecule has 3 aromatic carbocycles. The Bertz CT molecular complexity index is 1290. The molecule has 6 nitrogen and oxygen atoms in total. The predicted octanol–water partition coefficient (Wildman–Crippen LogP) is 4.66. The molecule has 0 radical (unpaired) electrons. The Kier molecular flexibility index (Phi) is 6.35. The fourth-order valence-electron chi connectivity index (χ4n) is 5.00. The first kappa shape index (κ1) is 22.8. The highest BCUT2D eigenvalue weighted by molar-refractivity contribution is 6.05. The lowest BCUT2D eigenvalue weighted by molar-refractivity contribution is 0.101. The first-order chi connectivity index (χ1) is 17.0. The van der Waals surface area contributed by atoms with E-state index < -0.39 is 0 Å². The number of Topliss-reactive ketones (excluding diaryl/α,β-unsaturated/α-hetero) is 1. The summed E-state index contributed by atoms with van der Waals surface area (Å²) in [6.07, 6.45) is 0.923. The van der Waals surface area contributed by atoms with Crippen molar-refractivity contribution in [2.24, 2.45) is 5.92 Å². The van der Waals surface area contributed by atoms with Crippen LogP contribution in [0.1, 0.15) is 50.2 Å². The Labute approximate surface area is 205 Å². The van der Waals surface area contributed by atoms with Crippen LogP contribution in [-0.2, 0) is 6.42 Å². The molecule has 2 aliphatic rings. The number of amides is 1. The molecule has 6 heteroatoms. The molecule has 1 saturated heterocycles. The van der Waals surface area contributed by atoms with E-state index in [1.807, 2.05) is 30.3 Å². The zero-order valence-corrected chi connectivity index (χ0v) is 19.7. The van der Waals surface area contributed by atoms with Gasteiger partial charge in [0.15, 0.2) is 5.78 Å². The van der Waals surface area contributed by atoms with E-state index in [1.165, 1.54) is 18.1 Å². The van der Waals surface area contributed by atoms with Crippen LogP contribution in [0.25, 0.3) is 0 Å². The lowest BCUT2D eigenvalue weighted by Gasteiger charge is -2.27. The number of hydrogen-bond donors (Lipinski definition) is 1. The van der Waals surface area contributed by atoms with E-state index in [-0.39, 0.29) is 11.7 Å². The van der Waals surface area contributed by atoms with Gasteiger partial charge in [0, 0.05) is 53.8 Å². The molecule has 0 aliphatic carbocycles. The van der Waals surface area contributed by atoms with Gasteiger partial charge in [-0.1, -0.05) is 24.3 Å². The Morgan fingerprint density at radius 1 is 1.03 bits per heavy atom. The lowest BCUT2D eigenvalue weighted by atomic mass is 9.86. The van der Waals surface area contributed by atoms with E-state index in [9.17, 15) is 14.9 Å². The van der Waals surface area contributed by atoms with Crippen molar-refractivity contribution in [2.75, 3.05) is 31.6 Å². The third kappa shape index (κ3) is 4.96. The SMILES string of the molecule is CC(=O)c1ccc(C(=O)Nc2ccc(CCN3C[C@H]4COc5ccc(C#N)cc5[C@@H]4C3)cc2)cc1. The zero-order valence-electron chi connectivity index (χ0n) is 19.7. The fourth-order valence-corrected chi connectivity index (χ4v) is 5.00. The van der Waals surface area contributed by atoms with E-state index in [0.29, 0.717) is 28.5 Å². The maximum atomic E-state index is 12.5. The number of nitrogens with zero attached hydrogens (tertiary/aromatic N) is 2. The van der Waals surface area contributed by atoms with Gasteiger partial charge in [-0.15, -0.1) is 0 Å². The van der Waals surface area contributed by atoms with E-state index in [2.05, 4.69) is 28.4 Å². The summed E-state index contributed by atoms with van der Waals surface area (Å²) in [6, 6.07) is 22.6. The second kappa shape index (κ2) is 9.73. The minimum absolute atomic E-state index is 0.0217. The highest BCUT2D eigenvalue weighted by Gasteiger charge is 2.38. The number of ether oxygens (including phenoxy) is 1. The molecule has 0 unspecified atom stereocenters. The molecule has 0 spiro atoms. The second-order valence-electron chi connectivity index (χ2n) is 9.34. The van der Waals surface area contributed by atoms with Crippen molar-refractivity contribution < 1.29 is 14.3 Å². The third-order valence-corrected chi connectivity index (χ3v) is 6.99. The minimum Gasteiger partial charge on any atom is -0.493 e. The van der Waals surface area contributed by atoms with Crippen molar-refractivity contribution in [1.29, 1.82) is 5.26 Å². The molecule has 35 heavy (non-hydrogen) atoms. The summed E-state index contributed by atoms with van der Waals surface area (Å²) in [6.45, 7) is 5.16. The summed E-state index contributed by atoms with van der Waals surface area (Å²) in [5.41, 5.74) is 4.91. The largest absolute Gasteiger partial charge is 0.493 e. The molecule has 1 N–H and O–H groups in total. The summed E-state index contributed by atoms with van der Waals surface area (Å²) in [5.74, 6) is 1.56. The first-order valence-corrected chi connectivity index (χ1v) is 11.9. The number of carbonyl (C=O) groups excluding carboxylic acids is 2. The normalized spacial score (nSPS) is 18.6. The van der Waals surface area contributed by atoms with Crippen molar-refractivity contribution in [3.63, 3.8) is 0 Å². The van der Waals surface area contributed by atoms with Crippen LogP contribution in [0.4, 0.5) is 5.69 Å². The standard InChI is InChI=1S/C29H27N3O3/c1-19(33)22-5-7-23(8-6-22)29(34)31-25-9-2-20(3-10-25)12-13-32-16-24-18-35-28-11-4-21(15-30)14-26(28)27(24)17-32/h2-11,14,24,27H,12-13,16-18H2,1H3,(H,31,34)/t24-,27+/m0/s1. The van der Waals surface area contributed by atoms with Crippen LogP contribution < -0.4 is 10.1 Å². The quantitative estimate of drug-likeness (QED) is 0.535. The van der Waals surface area contributed by atoms with Gasteiger partial charge in [0.2, 0.25) is 0 Å². The summed E-state index contributed by atoms with van der Waals surface area (Å²) in [7, 11) is 0. The third-order valence-electron chi connectivity index (χ3n) is 6.99. The van der Waals surface area contributed by atoms with Gasteiger partial charge in [-0.05, 0) is 61.4 Å². The van der Waals surface area contributed by atoms with Gasteiger partial charge in [-0.25, -0.2) is 0 Å². The van der Waals surface area contributed by atoms with Crippen LogP contribution in [0, 0.1) is 17.2 Å². The molecular weight excluding hydrogens is 438 g/mol. The summed E-state index contributed by atoms with van der Waals surface area (Å²) in [5, 5.41) is 12.2. The Balaban J connectivity index is 1.15. The monoisotopic (exact) mass is 465 g/mol. The highest BCUT2D eigenvalue weighted by atomic mass is 16.5. The second-order valence-corrected chi connectivity index (χ2v) is 9.34. The van der Waals surface area contributed by atoms with Crippen LogP contribution in [0.5, 0.6) is 5.75 Å². The summed E-state index contributed by atoms with van der Waals surface area (Å²) < 4.78 is 5.96. The number of nitriles is 1.